The first-order valence-electron chi connectivity index (χ1n) is 7.68. The van der Waals surface area contributed by atoms with Gasteiger partial charge in [0, 0.05) is 6.42 Å². The molecular formula is C15H26N4O. The van der Waals surface area contributed by atoms with Crippen LogP contribution in [0.5, 0.6) is 5.88 Å². The van der Waals surface area contributed by atoms with E-state index in [9.17, 15) is 0 Å². The summed E-state index contributed by atoms with van der Waals surface area (Å²) in [6.07, 6.45) is 7.11. The molecule has 1 aromatic heterocycles. The van der Waals surface area contributed by atoms with Gasteiger partial charge in [-0.1, -0.05) is 26.7 Å². The van der Waals surface area contributed by atoms with Gasteiger partial charge in [0.15, 0.2) is 0 Å². The van der Waals surface area contributed by atoms with Gasteiger partial charge in [0.1, 0.15) is 17.7 Å². The van der Waals surface area contributed by atoms with Crippen molar-refractivity contribution in [2.75, 3.05) is 5.43 Å². The van der Waals surface area contributed by atoms with Gasteiger partial charge in [-0.05, 0) is 32.1 Å². The minimum atomic E-state index is 0.276. The van der Waals surface area contributed by atoms with Crippen molar-refractivity contribution in [2.45, 2.75) is 65.4 Å². The quantitative estimate of drug-likeness (QED) is 0.640. The third-order valence-electron chi connectivity index (χ3n) is 4.19. The lowest BCUT2D eigenvalue weighted by Crippen LogP contribution is -2.26. The fraction of sp³-hybridized carbons (Fsp3) is 0.733. The third-order valence-corrected chi connectivity index (χ3v) is 4.19. The Kier molecular flexibility index (Phi) is 5.17. The lowest BCUT2D eigenvalue weighted by molar-refractivity contribution is 0.116. The van der Waals surface area contributed by atoms with E-state index in [1.54, 1.807) is 0 Å². The Morgan fingerprint density at radius 1 is 1.30 bits per heavy atom. The van der Waals surface area contributed by atoms with Crippen LogP contribution in [0.4, 0.5) is 5.82 Å². The Labute approximate surface area is 121 Å². The van der Waals surface area contributed by atoms with Crippen molar-refractivity contribution in [3.05, 3.63) is 11.4 Å². The van der Waals surface area contributed by atoms with Crippen LogP contribution in [0.3, 0.4) is 0 Å². The van der Waals surface area contributed by atoms with Crippen LogP contribution in [0.15, 0.2) is 0 Å². The number of nitrogens with zero attached hydrogens (tertiary/aromatic N) is 2. The molecule has 0 aliphatic heterocycles. The second kappa shape index (κ2) is 6.88. The molecule has 2 rings (SSSR count). The van der Waals surface area contributed by atoms with Gasteiger partial charge in [-0.3, -0.25) is 0 Å². The zero-order chi connectivity index (χ0) is 14.5. The molecule has 5 heteroatoms. The molecule has 1 aromatic rings. The van der Waals surface area contributed by atoms with Crippen molar-refractivity contribution in [1.82, 2.24) is 9.97 Å². The van der Waals surface area contributed by atoms with Crippen molar-refractivity contribution in [3.63, 3.8) is 0 Å². The average molecular weight is 278 g/mol. The number of rotatable bonds is 5. The molecule has 0 bridgehead atoms. The van der Waals surface area contributed by atoms with Crippen LogP contribution in [0, 0.1) is 12.8 Å². The maximum Gasteiger partial charge on any atom is 0.222 e. The molecule has 0 spiro atoms. The largest absolute Gasteiger partial charge is 0.474 e. The van der Waals surface area contributed by atoms with Crippen molar-refractivity contribution >= 4 is 5.82 Å². The van der Waals surface area contributed by atoms with Gasteiger partial charge in [0.2, 0.25) is 5.88 Å². The van der Waals surface area contributed by atoms with Crippen LogP contribution < -0.4 is 16.0 Å². The molecule has 1 aliphatic carbocycles. The molecule has 2 unspecified atom stereocenters. The molecule has 5 nitrogen and oxygen atoms in total. The fourth-order valence-electron chi connectivity index (χ4n) is 2.83. The molecular weight excluding hydrogens is 252 g/mol. The van der Waals surface area contributed by atoms with E-state index in [1.165, 1.54) is 19.3 Å². The third kappa shape index (κ3) is 3.39. The van der Waals surface area contributed by atoms with Gasteiger partial charge in [-0.2, -0.15) is 4.98 Å². The van der Waals surface area contributed by atoms with Crippen LogP contribution in [0.25, 0.3) is 0 Å². The molecule has 112 valence electrons. The molecule has 0 aromatic carbocycles. The lowest BCUT2D eigenvalue weighted by Gasteiger charge is -2.29. The van der Waals surface area contributed by atoms with Crippen molar-refractivity contribution in [1.29, 1.82) is 0 Å². The zero-order valence-corrected chi connectivity index (χ0v) is 12.8. The molecule has 1 fully saturated rings. The van der Waals surface area contributed by atoms with Crippen LogP contribution in [-0.2, 0) is 6.42 Å². The highest BCUT2D eigenvalue weighted by molar-refractivity contribution is 5.47. The molecule has 0 saturated heterocycles. The maximum atomic E-state index is 6.16. The number of aromatic nitrogens is 2. The van der Waals surface area contributed by atoms with Gasteiger partial charge >= 0.3 is 0 Å². The predicted molar refractivity (Wildman–Crippen MR) is 80.6 cm³/mol. The summed E-state index contributed by atoms with van der Waals surface area (Å²) in [5.41, 5.74) is 3.53. The van der Waals surface area contributed by atoms with E-state index in [0.29, 0.717) is 11.7 Å². The summed E-state index contributed by atoms with van der Waals surface area (Å²) in [6, 6.07) is 0. The minimum Gasteiger partial charge on any atom is -0.474 e. The number of ether oxygens (including phenoxy) is 1. The van der Waals surface area contributed by atoms with Gasteiger partial charge in [-0.25, -0.2) is 10.8 Å². The minimum absolute atomic E-state index is 0.276. The van der Waals surface area contributed by atoms with Crippen molar-refractivity contribution in [3.8, 4) is 5.88 Å². The lowest BCUT2D eigenvalue weighted by atomic mass is 9.85. The van der Waals surface area contributed by atoms with E-state index in [0.717, 1.165) is 36.6 Å². The number of hydrazine groups is 1. The zero-order valence-electron chi connectivity index (χ0n) is 12.8. The molecule has 0 amide bonds. The molecule has 0 radical (unpaired) electrons. The standard InChI is InChI=1S/C15H26N4O/c1-4-11-7-6-8-12(9-11)20-15-10(3)14(19-16)17-13(5-2)18-15/h11-12H,4-9,16H2,1-3H3,(H,17,18,19). The maximum absolute atomic E-state index is 6.16. The molecule has 1 heterocycles. The summed E-state index contributed by atoms with van der Waals surface area (Å²) in [5, 5.41) is 0. The number of nitrogen functional groups attached to an aromatic ring is 1. The van der Waals surface area contributed by atoms with E-state index in [2.05, 4.69) is 22.3 Å². The number of hydrogen-bond donors (Lipinski definition) is 2. The second-order valence-corrected chi connectivity index (χ2v) is 5.60. The fourth-order valence-corrected chi connectivity index (χ4v) is 2.83. The van der Waals surface area contributed by atoms with E-state index < -0.39 is 0 Å². The monoisotopic (exact) mass is 278 g/mol. The highest BCUT2D eigenvalue weighted by Gasteiger charge is 2.23. The normalized spacial score (nSPS) is 22.6. The van der Waals surface area contributed by atoms with Crippen LogP contribution in [-0.4, -0.2) is 16.1 Å². The van der Waals surface area contributed by atoms with E-state index in [1.807, 2.05) is 13.8 Å². The number of nitrogens with two attached hydrogens (primary N) is 1. The SMILES string of the molecule is CCc1nc(NN)c(C)c(OC2CCCC(CC)C2)n1. The van der Waals surface area contributed by atoms with Gasteiger partial charge in [0.05, 0.1) is 5.56 Å². The van der Waals surface area contributed by atoms with Crippen molar-refractivity contribution < 1.29 is 4.74 Å². The van der Waals surface area contributed by atoms with Gasteiger partial charge in [-0.15, -0.1) is 0 Å². The summed E-state index contributed by atoms with van der Waals surface area (Å²) in [5.74, 6) is 8.42. The van der Waals surface area contributed by atoms with Crippen LogP contribution in [0.2, 0.25) is 0 Å². The number of anilines is 1. The smallest absolute Gasteiger partial charge is 0.222 e. The molecule has 20 heavy (non-hydrogen) atoms. The van der Waals surface area contributed by atoms with Crippen molar-refractivity contribution in [2.24, 2.45) is 11.8 Å². The number of nitrogens with one attached hydrogen (secondary N) is 1. The molecule has 1 aliphatic rings. The number of aryl methyl sites for hydroxylation is 1. The summed E-state index contributed by atoms with van der Waals surface area (Å²) in [7, 11) is 0. The van der Waals surface area contributed by atoms with Gasteiger partial charge < -0.3 is 10.2 Å². The first kappa shape index (κ1) is 15.0. The Hall–Kier alpha value is -1.36. The summed E-state index contributed by atoms with van der Waals surface area (Å²) >= 11 is 0. The molecule has 1 saturated carbocycles. The molecule has 2 atom stereocenters. The first-order chi connectivity index (χ1) is 9.67. The summed E-state index contributed by atoms with van der Waals surface area (Å²) < 4.78 is 6.16. The van der Waals surface area contributed by atoms with Crippen LogP contribution in [0.1, 0.15) is 57.3 Å². The van der Waals surface area contributed by atoms with E-state index >= 15 is 0 Å². The Morgan fingerprint density at radius 2 is 2.10 bits per heavy atom. The van der Waals surface area contributed by atoms with Crippen LogP contribution >= 0.6 is 0 Å². The second-order valence-electron chi connectivity index (χ2n) is 5.60. The van der Waals surface area contributed by atoms with E-state index in [4.69, 9.17) is 10.6 Å². The highest BCUT2D eigenvalue weighted by Crippen LogP contribution is 2.31. The first-order valence-corrected chi connectivity index (χ1v) is 7.68. The summed E-state index contributed by atoms with van der Waals surface area (Å²) in [6.45, 7) is 6.24. The van der Waals surface area contributed by atoms with Gasteiger partial charge in [0.25, 0.3) is 0 Å². The Balaban J connectivity index is 2.15. The molecule has 3 N–H and O–H groups in total. The average Bonchev–Trinajstić information content (AvgIpc) is 2.49. The summed E-state index contributed by atoms with van der Waals surface area (Å²) in [4.78, 5) is 8.88. The predicted octanol–water partition coefficient (Wildman–Crippen LogP) is 2.98. The topological polar surface area (TPSA) is 73.1 Å². The number of hydrogen-bond acceptors (Lipinski definition) is 5. The Morgan fingerprint density at radius 3 is 2.75 bits per heavy atom. The van der Waals surface area contributed by atoms with E-state index in [-0.39, 0.29) is 6.10 Å². The Bertz CT molecular complexity index is 450. The highest BCUT2D eigenvalue weighted by atomic mass is 16.5.